The van der Waals surface area contributed by atoms with Gasteiger partial charge in [-0.25, -0.2) is 0 Å². The molecule has 0 aliphatic heterocycles. The Labute approximate surface area is 123 Å². The van der Waals surface area contributed by atoms with Crippen LogP contribution in [0.3, 0.4) is 0 Å². The van der Waals surface area contributed by atoms with Gasteiger partial charge in [-0.2, -0.15) is 0 Å². The van der Waals surface area contributed by atoms with Crippen molar-refractivity contribution in [1.82, 2.24) is 0 Å². The molecule has 0 bridgehead atoms. The quantitative estimate of drug-likeness (QED) is 0.588. The number of nitro benzene ring substituents is 1. The summed E-state index contributed by atoms with van der Waals surface area (Å²) in [5.74, 6) is 0.211. The number of phenols is 1. The van der Waals surface area contributed by atoms with Crippen molar-refractivity contribution in [2.75, 3.05) is 0 Å². The summed E-state index contributed by atoms with van der Waals surface area (Å²) in [7, 11) is 0. The number of phenolic OH excluding ortho intramolecular Hbond substituents is 1. The van der Waals surface area contributed by atoms with Gasteiger partial charge in [0.25, 0.3) is 5.69 Å². The van der Waals surface area contributed by atoms with Crippen LogP contribution in [0.1, 0.15) is 0 Å². The van der Waals surface area contributed by atoms with Crippen molar-refractivity contribution in [3.8, 4) is 17.2 Å². The fourth-order valence-electron chi connectivity index (χ4n) is 1.93. The lowest BCUT2D eigenvalue weighted by atomic mass is 10.2. The van der Waals surface area contributed by atoms with E-state index in [-0.39, 0.29) is 33.9 Å². The van der Waals surface area contributed by atoms with E-state index in [1.807, 2.05) is 0 Å². The zero-order chi connectivity index (χ0) is 15.7. The Morgan fingerprint density at radius 1 is 1.14 bits per heavy atom. The first-order chi connectivity index (χ1) is 10.5. The molecule has 0 amide bonds. The first-order valence-electron chi connectivity index (χ1n) is 6.21. The van der Waals surface area contributed by atoms with Gasteiger partial charge in [-0.3, -0.25) is 14.9 Å². The molecule has 0 aliphatic carbocycles. The average molecular weight is 299 g/mol. The monoisotopic (exact) mass is 299 g/mol. The molecule has 0 spiro atoms. The van der Waals surface area contributed by atoms with Crippen molar-refractivity contribution >= 4 is 16.7 Å². The van der Waals surface area contributed by atoms with Gasteiger partial charge in [0.05, 0.1) is 10.3 Å². The van der Waals surface area contributed by atoms with E-state index in [1.54, 1.807) is 0 Å². The Bertz CT molecular complexity index is 913. The second-order valence-corrected chi connectivity index (χ2v) is 4.46. The van der Waals surface area contributed by atoms with E-state index in [1.165, 1.54) is 42.5 Å². The lowest BCUT2D eigenvalue weighted by Crippen LogP contribution is -2.04. The van der Waals surface area contributed by atoms with Crippen LogP contribution in [0.2, 0.25) is 0 Å². The van der Waals surface area contributed by atoms with E-state index < -0.39 is 10.4 Å². The van der Waals surface area contributed by atoms with Gasteiger partial charge in [0.1, 0.15) is 23.3 Å². The van der Waals surface area contributed by atoms with Gasteiger partial charge in [0.15, 0.2) is 0 Å². The van der Waals surface area contributed by atoms with Crippen LogP contribution in [0.4, 0.5) is 5.69 Å². The van der Waals surface area contributed by atoms with Gasteiger partial charge in [-0.15, -0.1) is 0 Å². The van der Waals surface area contributed by atoms with Crippen molar-refractivity contribution in [3.63, 3.8) is 0 Å². The molecule has 0 radical (unpaired) electrons. The highest BCUT2D eigenvalue weighted by molar-refractivity contribution is 5.78. The van der Waals surface area contributed by atoms with E-state index in [0.717, 1.165) is 6.26 Å². The summed E-state index contributed by atoms with van der Waals surface area (Å²) in [4.78, 5) is 22.3. The summed E-state index contributed by atoms with van der Waals surface area (Å²) < 4.78 is 10.6. The Hall–Kier alpha value is -3.35. The van der Waals surface area contributed by atoms with Crippen LogP contribution in [0, 0.1) is 10.1 Å². The number of benzene rings is 2. The second-order valence-electron chi connectivity index (χ2n) is 4.46. The van der Waals surface area contributed by atoms with Crippen molar-refractivity contribution in [2.24, 2.45) is 0 Å². The molecule has 0 saturated heterocycles. The minimum Gasteiger partial charge on any atom is -0.508 e. The summed E-state index contributed by atoms with van der Waals surface area (Å²) in [5.41, 5.74) is -0.242. The molecule has 0 unspecified atom stereocenters. The first kappa shape index (κ1) is 13.6. The molecule has 1 N–H and O–H groups in total. The zero-order valence-electron chi connectivity index (χ0n) is 11.1. The van der Waals surface area contributed by atoms with E-state index in [0.29, 0.717) is 0 Å². The van der Waals surface area contributed by atoms with E-state index in [2.05, 4.69) is 0 Å². The summed E-state index contributed by atoms with van der Waals surface area (Å²) in [5, 5.41) is 20.2. The second kappa shape index (κ2) is 5.21. The molecule has 0 aliphatic rings. The van der Waals surface area contributed by atoms with Crippen LogP contribution in [0.25, 0.3) is 11.0 Å². The minimum atomic E-state index is -0.527. The third-order valence-corrected chi connectivity index (χ3v) is 3.00. The van der Waals surface area contributed by atoms with E-state index in [4.69, 9.17) is 9.15 Å². The highest BCUT2D eigenvalue weighted by atomic mass is 16.6. The number of nitrogens with zero attached hydrogens (tertiary/aromatic N) is 1. The maximum Gasteiger partial charge on any atom is 0.269 e. The van der Waals surface area contributed by atoms with Crippen LogP contribution in [-0.2, 0) is 0 Å². The topological polar surface area (TPSA) is 103 Å². The molecule has 2 aromatic carbocycles. The predicted octanol–water partition coefficient (Wildman–Crippen LogP) is 3.20. The van der Waals surface area contributed by atoms with Crippen LogP contribution >= 0.6 is 0 Å². The number of aromatic hydroxyl groups is 1. The van der Waals surface area contributed by atoms with Gasteiger partial charge in [0, 0.05) is 18.2 Å². The highest BCUT2D eigenvalue weighted by Gasteiger charge is 2.11. The van der Waals surface area contributed by atoms with Crippen LogP contribution in [0.5, 0.6) is 17.2 Å². The molecular weight excluding hydrogens is 290 g/mol. The maximum absolute atomic E-state index is 12.2. The number of nitro groups is 1. The molecule has 1 aromatic heterocycles. The Morgan fingerprint density at radius 2 is 1.86 bits per heavy atom. The Kier molecular flexibility index (Phi) is 3.23. The summed E-state index contributed by atoms with van der Waals surface area (Å²) in [6, 6.07) is 9.45. The molecule has 7 heteroatoms. The van der Waals surface area contributed by atoms with Crippen LogP contribution in [-0.4, -0.2) is 10.0 Å². The fourth-order valence-corrected chi connectivity index (χ4v) is 1.93. The van der Waals surface area contributed by atoms with Gasteiger partial charge in [-0.1, -0.05) is 0 Å². The zero-order valence-corrected chi connectivity index (χ0v) is 11.1. The summed E-state index contributed by atoms with van der Waals surface area (Å²) in [6.45, 7) is 0. The van der Waals surface area contributed by atoms with Crippen molar-refractivity contribution in [3.05, 3.63) is 69.1 Å². The van der Waals surface area contributed by atoms with Crippen molar-refractivity contribution in [2.45, 2.75) is 0 Å². The van der Waals surface area contributed by atoms with Crippen LogP contribution in [0.15, 0.2) is 57.9 Å². The largest absolute Gasteiger partial charge is 0.508 e. The molecule has 3 aromatic rings. The Balaban J connectivity index is 1.97. The predicted molar refractivity (Wildman–Crippen MR) is 77.3 cm³/mol. The highest BCUT2D eigenvalue weighted by Crippen LogP contribution is 2.24. The molecular formula is C15H9NO6. The summed E-state index contributed by atoms with van der Waals surface area (Å²) >= 11 is 0. The molecule has 0 atom stereocenters. The molecule has 3 rings (SSSR count). The van der Waals surface area contributed by atoms with Crippen molar-refractivity contribution in [1.29, 1.82) is 0 Å². The number of non-ortho nitro benzene ring substituents is 1. The molecule has 1 heterocycles. The number of ether oxygens (including phenoxy) is 1. The molecule has 0 saturated carbocycles. The number of fused-ring (bicyclic) bond motifs is 1. The van der Waals surface area contributed by atoms with Gasteiger partial charge < -0.3 is 14.3 Å². The van der Waals surface area contributed by atoms with Gasteiger partial charge in [0.2, 0.25) is 11.2 Å². The Morgan fingerprint density at radius 3 is 2.55 bits per heavy atom. The smallest absolute Gasteiger partial charge is 0.269 e. The molecule has 22 heavy (non-hydrogen) atoms. The fraction of sp³-hybridized carbons (Fsp3) is 0. The van der Waals surface area contributed by atoms with Crippen molar-refractivity contribution < 1.29 is 19.2 Å². The van der Waals surface area contributed by atoms with Gasteiger partial charge >= 0.3 is 0 Å². The molecule has 7 nitrogen and oxygen atoms in total. The number of hydrogen-bond acceptors (Lipinski definition) is 6. The van der Waals surface area contributed by atoms with E-state index >= 15 is 0 Å². The lowest BCUT2D eigenvalue weighted by molar-refractivity contribution is -0.384. The third kappa shape index (κ3) is 2.47. The van der Waals surface area contributed by atoms with Crippen LogP contribution < -0.4 is 10.2 Å². The normalized spacial score (nSPS) is 10.5. The number of hydrogen-bond donors (Lipinski definition) is 1. The molecule has 110 valence electrons. The third-order valence-electron chi connectivity index (χ3n) is 3.00. The van der Waals surface area contributed by atoms with E-state index in [9.17, 15) is 20.0 Å². The minimum absolute atomic E-state index is 0.0142. The standard InChI is InChI=1S/C15H9NO6/c17-10-3-6-12-13(7-10)21-8-14(15(12)18)22-11-4-1-9(2-5-11)16(19)20/h1-8,17H. The molecule has 0 fully saturated rings. The van der Waals surface area contributed by atoms with Gasteiger partial charge in [-0.05, 0) is 24.3 Å². The SMILES string of the molecule is O=c1c(Oc2ccc([N+](=O)[O-])cc2)coc2cc(O)ccc12. The maximum atomic E-state index is 12.2. The first-order valence-corrected chi connectivity index (χ1v) is 6.21. The number of rotatable bonds is 3. The summed E-state index contributed by atoms with van der Waals surface area (Å²) in [6.07, 6.45) is 1.13. The average Bonchev–Trinajstić information content (AvgIpc) is 2.50. The lowest BCUT2D eigenvalue weighted by Gasteiger charge is -2.05.